The molecule has 10 heteroatoms. The minimum Gasteiger partial charge on any atom is -0.478 e. The van der Waals surface area contributed by atoms with Gasteiger partial charge in [0.05, 0.1) is 16.1 Å². The molecule has 0 unspecified atom stereocenters. The summed E-state index contributed by atoms with van der Waals surface area (Å²) >= 11 is 0. The highest BCUT2D eigenvalue weighted by Gasteiger charge is 2.31. The molecular weight excluding hydrogens is 447 g/mol. The summed E-state index contributed by atoms with van der Waals surface area (Å²) in [4.78, 5) is 10.9. The Balaban J connectivity index is 1.75. The van der Waals surface area contributed by atoms with Gasteiger partial charge < -0.3 is 9.84 Å². The number of hydrogen-bond acceptors (Lipinski definition) is 4. The quantitative estimate of drug-likeness (QED) is 0.495. The zero-order valence-corrected chi connectivity index (χ0v) is 17.3. The van der Waals surface area contributed by atoms with Gasteiger partial charge in [0.15, 0.2) is 0 Å². The average Bonchev–Trinajstić information content (AvgIpc) is 2.72. The molecule has 0 heterocycles. The van der Waals surface area contributed by atoms with Crippen molar-refractivity contribution in [1.82, 2.24) is 0 Å². The Labute approximate surface area is 182 Å². The molecule has 0 amide bonds. The number of aryl methyl sites for hydroxylation is 2. The van der Waals surface area contributed by atoms with Crippen molar-refractivity contribution in [1.29, 1.82) is 0 Å². The number of carbonyl (C=O) groups is 1. The van der Waals surface area contributed by atoms with E-state index in [1.807, 2.05) is 0 Å². The zero-order valence-electron chi connectivity index (χ0n) is 16.5. The fourth-order valence-corrected chi connectivity index (χ4v) is 4.10. The van der Waals surface area contributed by atoms with Crippen LogP contribution in [0.15, 0.2) is 77.7 Å². The number of sulfonamides is 1. The number of aromatic carboxylic acids is 1. The van der Waals surface area contributed by atoms with Crippen molar-refractivity contribution >= 4 is 21.7 Å². The van der Waals surface area contributed by atoms with Crippen LogP contribution >= 0.6 is 0 Å². The molecule has 0 aliphatic rings. The number of nitrogens with one attached hydrogen (secondary N) is 1. The third kappa shape index (κ3) is 6.24. The normalized spacial score (nSPS) is 11.7. The summed E-state index contributed by atoms with van der Waals surface area (Å²) in [5.74, 6) is -1.56. The number of para-hydroxylation sites is 1. The fraction of sp³-hybridized carbons (Fsp3) is 0.136. The van der Waals surface area contributed by atoms with Crippen LogP contribution in [0.1, 0.15) is 21.5 Å². The second-order valence-electron chi connectivity index (χ2n) is 6.79. The van der Waals surface area contributed by atoms with Gasteiger partial charge in [0, 0.05) is 0 Å². The number of halogens is 3. The molecule has 0 aromatic heterocycles. The molecule has 0 fully saturated rings. The summed E-state index contributed by atoms with van der Waals surface area (Å²) in [6, 6.07) is 17.0. The van der Waals surface area contributed by atoms with Gasteiger partial charge in [-0.15, -0.1) is 13.2 Å². The highest BCUT2D eigenvalue weighted by molar-refractivity contribution is 7.92. The van der Waals surface area contributed by atoms with Gasteiger partial charge in [-0.25, -0.2) is 13.2 Å². The van der Waals surface area contributed by atoms with Crippen molar-refractivity contribution in [3.8, 4) is 5.75 Å². The van der Waals surface area contributed by atoms with Gasteiger partial charge in [0.2, 0.25) is 0 Å². The molecule has 3 aromatic carbocycles. The lowest BCUT2D eigenvalue weighted by Gasteiger charge is -2.14. The maximum Gasteiger partial charge on any atom is 0.573 e. The van der Waals surface area contributed by atoms with E-state index in [0.29, 0.717) is 24.1 Å². The lowest BCUT2D eigenvalue weighted by atomic mass is 10.0. The van der Waals surface area contributed by atoms with E-state index < -0.39 is 28.1 Å². The Morgan fingerprint density at radius 3 is 2.28 bits per heavy atom. The SMILES string of the molecule is O=C(O)c1cccc(CCc2ccccc2NS(=O)(=O)c2ccc(OC(F)(F)F)cc2)c1. The molecule has 3 aromatic rings. The molecule has 3 rings (SSSR count). The Kier molecular flexibility index (Phi) is 6.73. The molecule has 0 saturated carbocycles. The second kappa shape index (κ2) is 9.31. The van der Waals surface area contributed by atoms with Crippen molar-refractivity contribution < 1.29 is 36.2 Å². The predicted octanol–water partition coefficient (Wildman–Crippen LogP) is 4.87. The summed E-state index contributed by atoms with van der Waals surface area (Å²) < 4.78 is 68.5. The first kappa shape index (κ1) is 23.1. The van der Waals surface area contributed by atoms with Crippen LogP contribution in [0.4, 0.5) is 18.9 Å². The van der Waals surface area contributed by atoms with E-state index in [1.54, 1.807) is 42.5 Å². The summed E-state index contributed by atoms with van der Waals surface area (Å²) in [7, 11) is -4.06. The van der Waals surface area contributed by atoms with Gasteiger partial charge >= 0.3 is 12.3 Å². The molecule has 32 heavy (non-hydrogen) atoms. The monoisotopic (exact) mass is 465 g/mol. The summed E-state index contributed by atoms with van der Waals surface area (Å²) in [6.45, 7) is 0. The van der Waals surface area contributed by atoms with E-state index in [4.69, 9.17) is 5.11 Å². The molecule has 2 N–H and O–H groups in total. The molecule has 168 valence electrons. The van der Waals surface area contributed by atoms with Crippen LogP contribution in [0.25, 0.3) is 0 Å². The minimum atomic E-state index is -4.87. The first-order chi connectivity index (χ1) is 15.0. The molecule has 0 aliphatic carbocycles. The highest BCUT2D eigenvalue weighted by atomic mass is 32.2. The van der Waals surface area contributed by atoms with Crippen molar-refractivity contribution in [3.05, 3.63) is 89.5 Å². The van der Waals surface area contributed by atoms with Crippen LogP contribution in [0.5, 0.6) is 5.75 Å². The largest absolute Gasteiger partial charge is 0.573 e. The van der Waals surface area contributed by atoms with Crippen molar-refractivity contribution in [2.45, 2.75) is 24.1 Å². The summed E-state index contributed by atoms with van der Waals surface area (Å²) in [6.07, 6.45) is -3.97. The third-order valence-electron chi connectivity index (χ3n) is 4.49. The molecular formula is C22H18F3NO5S. The van der Waals surface area contributed by atoms with Crippen LogP contribution in [-0.2, 0) is 22.9 Å². The maximum absolute atomic E-state index is 12.7. The molecule has 0 saturated heterocycles. The van der Waals surface area contributed by atoms with Crippen LogP contribution in [0, 0.1) is 0 Å². The Morgan fingerprint density at radius 1 is 0.938 bits per heavy atom. The van der Waals surface area contributed by atoms with Crippen LogP contribution in [0.3, 0.4) is 0 Å². The second-order valence-corrected chi connectivity index (χ2v) is 8.47. The maximum atomic E-state index is 12.7. The van der Waals surface area contributed by atoms with E-state index in [2.05, 4.69) is 9.46 Å². The number of benzene rings is 3. The fourth-order valence-electron chi connectivity index (χ4n) is 3.00. The minimum absolute atomic E-state index is 0.162. The van der Waals surface area contributed by atoms with Gasteiger partial charge in [0.1, 0.15) is 5.75 Å². The number of ether oxygens (including phenoxy) is 1. The van der Waals surface area contributed by atoms with E-state index in [9.17, 15) is 26.4 Å². The van der Waals surface area contributed by atoms with E-state index in [0.717, 1.165) is 29.8 Å². The standard InChI is InChI=1S/C22H18F3NO5S/c23-22(24,25)31-18-10-12-19(13-11-18)32(29,30)26-20-7-2-1-5-16(20)9-8-15-4-3-6-17(14-15)21(27)28/h1-7,10-14,26H,8-9H2,(H,27,28). The molecule has 0 bridgehead atoms. The number of alkyl halides is 3. The topological polar surface area (TPSA) is 92.7 Å². The smallest absolute Gasteiger partial charge is 0.478 e. The molecule has 0 radical (unpaired) electrons. The zero-order chi connectivity index (χ0) is 23.4. The average molecular weight is 465 g/mol. The predicted molar refractivity (Wildman–Crippen MR) is 111 cm³/mol. The van der Waals surface area contributed by atoms with Crippen molar-refractivity contribution in [2.24, 2.45) is 0 Å². The molecule has 0 aliphatic heterocycles. The van der Waals surface area contributed by atoms with Gasteiger partial charge in [-0.05, 0) is 66.4 Å². The van der Waals surface area contributed by atoms with Gasteiger partial charge in [-0.1, -0.05) is 30.3 Å². The van der Waals surface area contributed by atoms with Crippen LogP contribution in [-0.4, -0.2) is 25.9 Å². The van der Waals surface area contributed by atoms with Crippen molar-refractivity contribution in [2.75, 3.05) is 4.72 Å². The van der Waals surface area contributed by atoms with E-state index in [1.165, 1.54) is 6.07 Å². The van der Waals surface area contributed by atoms with Gasteiger partial charge in [-0.2, -0.15) is 0 Å². The van der Waals surface area contributed by atoms with Crippen molar-refractivity contribution in [3.63, 3.8) is 0 Å². The first-order valence-corrected chi connectivity index (χ1v) is 10.8. The lowest BCUT2D eigenvalue weighted by Crippen LogP contribution is -2.17. The lowest BCUT2D eigenvalue weighted by molar-refractivity contribution is -0.274. The number of anilines is 1. The van der Waals surface area contributed by atoms with Crippen LogP contribution < -0.4 is 9.46 Å². The number of rotatable bonds is 8. The van der Waals surface area contributed by atoms with Gasteiger partial charge in [-0.3, -0.25) is 4.72 Å². The number of carboxylic acid groups (broad SMARTS) is 1. The highest BCUT2D eigenvalue weighted by Crippen LogP contribution is 2.26. The van der Waals surface area contributed by atoms with E-state index in [-0.39, 0.29) is 10.5 Å². The first-order valence-electron chi connectivity index (χ1n) is 9.32. The van der Waals surface area contributed by atoms with Crippen LogP contribution in [0.2, 0.25) is 0 Å². The molecule has 0 atom stereocenters. The summed E-state index contributed by atoms with van der Waals surface area (Å²) in [5, 5.41) is 9.11. The Hall–Kier alpha value is -3.53. The molecule has 0 spiro atoms. The number of hydrogen-bond donors (Lipinski definition) is 2. The number of carboxylic acids is 1. The summed E-state index contributed by atoms with van der Waals surface area (Å²) in [5.41, 5.74) is 1.93. The Morgan fingerprint density at radius 2 is 1.62 bits per heavy atom. The van der Waals surface area contributed by atoms with E-state index >= 15 is 0 Å². The molecule has 6 nitrogen and oxygen atoms in total. The Bertz CT molecular complexity index is 1210. The third-order valence-corrected chi connectivity index (χ3v) is 5.87. The van der Waals surface area contributed by atoms with Gasteiger partial charge in [0.25, 0.3) is 10.0 Å².